The lowest BCUT2D eigenvalue weighted by molar-refractivity contribution is -0.0315. The Hall–Kier alpha value is -0.810. The Labute approximate surface area is 136 Å². The van der Waals surface area contributed by atoms with Gasteiger partial charge in [0.05, 0.1) is 11.7 Å². The van der Waals surface area contributed by atoms with Gasteiger partial charge in [-0.3, -0.25) is 0 Å². The predicted octanol–water partition coefficient (Wildman–Crippen LogP) is 2.90. The van der Waals surface area contributed by atoms with Gasteiger partial charge < -0.3 is 19.9 Å². The summed E-state index contributed by atoms with van der Waals surface area (Å²) in [6, 6.07) is 5.67. The molecule has 1 aromatic rings. The minimum absolute atomic E-state index is 0.201. The molecule has 0 radical (unpaired) electrons. The molecule has 1 saturated carbocycles. The third-order valence-corrected chi connectivity index (χ3v) is 4.76. The van der Waals surface area contributed by atoms with E-state index in [1.165, 1.54) is 0 Å². The molecule has 1 atom stereocenters. The smallest absolute Gasteiger partial charge is 0.124 e. The molecule has 0 aromatic heterocycles. The van der Waals surface area contributed by atoms with Crippen LogP contribution in [0.25, 0.3) is 0 Å². The number of ether oxygens (including phenoxy) is 2. The molecule has 122 valence electrons. The number of halogens is 1. The molecule has 2 aliphatic rings. The lowest BCUT2D eigenvalue weighted by atomic mass is 9.80. The largest absolute Gasteiger partial charge is 0.491 e. The number of rotatable bonds is 7. The van der Waals surface area contributed by atoms with Crippen LogP contribution in [0.5, 0.6) is 5.75 Å². The van der Waals surface area contributed by atoms with Gasteiger partial charge in [-0.2, -0.15) is 0 Å². The highest BCUT2D eigenvalue weighted by Crippen LogP contribution is 2.31. The summed E-state index contributed by atoms with van der Waals surface area (Å²) >= 11 is 6.09. The molecule has 1 unspecified atom stereocenters. The fourth-order valence-electron chi connectivity index (χ4n) is 2.98. The van der Waals surface area contributed by atoms with Gasteiger partial charge in [-0.05, 0) is 50.3 Å². The van der Waals surface area contributed by atoms with Crippen LogP contribution in [0.1, 0.15) is 37.7 Å². The number of hydrogen-bond acceptors (Lipinski definition) is 4. The zero-order chi connectivity index (χ0) is 15.4. The number of aliphatic hydroxyl groups is 1. The van der Waals surface area contributed by atoms with Crippen molar-refractivity contribution in [2.45, 2.75) is 50.4 Å². The molecule has 0 spiro atoms. The zero-order valence-electron chi connectivity index (χ0n) is 12.8. The van der Waals surface area contributed by atoms with Crippen molar-refractivity contribution < 1.29 is 14.6 Å². The highest BCUT2D eigenvalue weighted by Gasteiger charge is 2.33. The second-order valence-electron chi connectivity index (χ2n) is 6.38. The normalized spacial score (nSPS) is 23.3. The van der Waals surface area contributed by atoms with Crippen molar-refractivity contribution in [3.63, 3.8) is 0 Å². The second-order valence-corrected chi connectivity index (χ2v) is 6.82. The molecular weight excluding hydrogens is 302 g/mol. The summed E-state index contributed by atoms with van der Waals surface area (Å²) in [5, 5.41) is 14.1. The van der Waals surface area contributed by atoms with Crippen molar-refractivity contribution in [3.8, 4) is 5.75 Å². The second kappa shape index (κ2) is 7.18. The van der Waals surface area contributed by atoms with Crippen LogP contribution in [-0.2, 0) is 11.3 Å². The Morgan fingerprint density at radius 1 is 1.36 bits per heavy atom. The van der Waals surface area contributed by atoms with Crippen LogP contribution in [0.2, 0.25) is 5.02 Å². The number of benzene rings is 1. The highest BCUT2D eigenvalue weighted by atomic mass is 35.5. The van der Waals surface area contributed by atoms with Crippen molar-refractivity contribution in [2.24, 2.45) is 0 Å². The molecule has 5 heteroatoms. The molecule has 4 nitrogen and oxygen atoms in total. The van der Waals surface area contributed by atoms with Crippen molar-refractivity contribution in [3.05, 3.63) is 28.8 Å². The predicted molar refractivity (Wildman–Crippen MR) is 86.4 cm³/mol. The zero-order valence-corrected chi connectivity index (χ0v) is 13.6. The van der Waals surface area contributed by atoms with E-state index >= 15 is 0 Å². The monoisotopic (exact) mass is 325 g/mol. The van der Waals surface area contributed by atoms with E-state index in [1.54, 1.807) is 0 Å². The van der Waals surface area contributed by atoms with E-state index in [4.69, 9.17) is 21.1 Å². The third-order valence-electron chi connectivity index (χ3n) is 4.53. The van der Waals surface area contributed by atoms with Crippen LogP contribution in [-0.4, -0.2) is 36.6 Å². The van der Waals surface area contributed by atoms with E-state index in [-0.39, 0.29) is 6.10 Å². The quantitative estimate of drug-likeness (QED) is 0.809. The number of nitrogens with one attached hydrogen (secondary N) is 1. The molecule has 0 bridgehead atoms. The van der Waals surface area contributed by atoms with Gasteiger partial charge in [0.1, 0.15) is 12.4 Å². The van der Waals surface area contributed by atoms with Gasteiger partial charge in [0, 0.05) is 30.3 Å². The summed E-state index contributed by atoms with van der Waals surface area (Å²) in [6.07, 6.45) is 5.27. The topological polar surface area (TPSA) is 50.7 Å². The van der Waals surface area contributed by atoms with E-state index in [0.29, 0.717) is 24.7 Å². The summed E-state index contributed by atoms with van der Waals surface area (Å²) in [5.74, 6) is 0.841. The first-order chi connectivity index (χ1) is 10.6. The third kappa shape index (κ3) is 4.13. The van der Waals surface area contributed by atoms with Crippen molar-refractivity contribution in [2.75, 3.05) is 19.8 Å². The van der Waals surface area contributed by atoms with Gasteiger partial charge in [0.2, 0.25) is 0 Å². The molecular formula is C17H24ClNO3. The minimum Gasteiger partial charge on any atom is -0.491 e. The van der Waals surface area contributed by atoms with Gasteiger partial charge in [-0.25, -0.2) is 0 Å². The summed E-state index contributed by atoms with van der Waals surface area (Å²) in [4.78, 5) is 0. The molecule has 0 amide bonds. The maximum atomic E-state index is 10.1. The first kappa shape index (κ1) is 16.1. The van der Waals surface area contributed by atoms with Crippen LogP contribution in [0.4, 0.5) is 0 Å². The Morgan fingerprint density at radius 2 is 2.23 bits per heavy atom. The molecule has 1 aromatic carbocycles. The van der Waals surface area contributed by atoms with E-state index in [2.05, 4.69) is 5.32 Å². The summed E-state index contributed by atoms with van der Waals surface area (Å²) in [7, 11) is 0. The number of hydrogen-bond donors (Lipinski definition) is 2. The van der Waals surface area contributed by atoms with Crippen LogP contribution in [0, 0.1) is 0 Å². The first-order valence-electron chi connectivity index (χ1n) is 8.11. The standard InChI is InChI=1S/C17H24ClNO3/c18-14-4-5-16(22-11-15-3-1-8-21-15)13(9-14)10-19-12-17(20)6-2-7-17/h4-5,9,15,19-20H,1-3,6-8,10-12H2. The van der Waals surface area contributed by atoms with E-state index < -0.39 is 5.60 Å². The van der Waals surface area contributed by atoms with Gasteiger partial charge in [0.15, 0.2) is 0 Å². The van der Waals surface area contributed by atoms with Gasteiger partial charge in [-0.1, -0.05) is 11.6 Å². The van der Waals surface area contributed by atoms with E-state index in [9.17, 15) is 5.11 Å². The SMILES string of the molecule is OC1(CNCc2cc(Cl)ccc2OCC2CCCO2)CCC1. The minimum atomic E-state index is -0.517. The Balaban J connectivity index is 1.54. The summed E-state index contributed by atoms with van der Waals surface area (Å²) in [5.41, 5.74) is 0.505. The Morgan fingerprint density at radius 3 is 2.91 bits per heavy atom. The van der Waals surface area contributed by atoms with Crippen molar-refractivity contribution >= 4 is 11.6 Å². The van der Waals surface area contributed by atoms with Gasteiger partial charge in [-0.15, -0.1) is 0 Å². The van der Waals surface area contributed by atoms with Crippen LogP contribution in [0.3, 0.4) is 0 Å². The Kier molecular flexibility index (Phi) is 5.24. The maximum absolute atomic E-state index is 10.1. The molecule has 2 fully saturated rings. The van der Waals surface area contributed by atoms with Crippen molar-refractivity contribution in [1.29, 1.82) is 0 Å². The summed E-state index contributed by atoms with van der Waals surface area (Å²) < 4.78 is 11.5. The molecule has 3 rings (SSSR count). The van der Waals surface area contributed by atoms with E-state index in [1.807, 2.05) is 18.2 Å². The van der Waals surface area contributed by atoms with Crippen LogP contribution in [0.15, 0.2) is 18.2 Å². The average molecular weight is 326 g/mol. The lowest BCUT2D eigenvalue weighted by Crippen LogP contribution is -2.46. The van der Waals surface area contributed by atoms with E-state index in [0.717, 1.165) is 50.0 Å². The van der Waals surface area contributed by atoms with Crippen molar-refractivity contribution in [1.82, 2.24) is 5.32 Å². The Bertz CT molecular complexity index is 499. The molecule has 1 saturated heterocycles. The fraction of sp³-hybridized carbons (Fsp3) is 0.647. The highest BCUT2D eigenvalue weighted by molar-refractivity contribution is 6.30. The van der Waals surface area contributed by atoms with Crippen LogP contribution >= 0.6 is 11.6 Å². The molecule has 22 heavy (non-hydrogen) atoms. The molecule has 1 aliphatic heterocycles. The first-order valence-corrected chi connectivity index (χ1v) is 8.48. The molecule has 1 aliphatic carbocycles. The maximum Gasteiger partial charge on any atom is 0.124 e. The molecule has 2 N–H and O–H groups in total. The van der Waals surface area contributed by atoms with Crippen LogP contribution < -0.4 is 10.1 Å². The lowest BCUT2D eigenvalue weighted by Gasteiger charge is -2.36. The summed E-state index contributed by atoms with van der Waals surface area (Å²) in [6.45, 7) is 2.68. The average Bonchev–Trinajstić information content (AvgIpc) is 2.98. The van der Waals surface area contributed by atoms with Gasteiger partial charge in [0.25, 0.3) is 0 Å². The van der Waals surface area contributed by atoms with Gasteiger partial charge >= 0.3 is 0 Å². The molecule has 1 heterocycles. The fourth-order valence-corrected chi connectivity index (χ4v) is 3.17.